The minimum Gasteiger partial charge on any atom is -0.491 e. The molecule has 1 unspecified atom stereocenters. The molecule has 1 saturated heterocycles. The van der Waals surface area contributed by atoms with Gasteiger partial charge in [-0.05, 0) is 57.4 Å². The molecule has 1 heterocycles. The van der Waals surface area contributed by atoms with Crippen molar-refractivity contribution in [3.63, 3.8) is 0 Å². The molecule has 1 aliphatic heterocycles. The molecule has 1 fully saturated rings. The zero-order valence-corrected chi connectivity index (χ0v) is 16.0. The van der Waals surface area contributed by atoms with Crippen LogP contribution in [-0.2, 0) is 14.3 Å². The van der Waals surface area contributed by atoms with E-state index >= 15 is 0 Å². The zero-order valence-electron chi connectivity index (χ0n) is 16.0. The second-order valence-corrected chi connectivity index (χ2v) is 6.62. The highest BCUT2D eigenvalue weighted by Crippen LogP contribution is 2.20. The van der Waals surface area contributed by atoms with E-state index in [1.807, 2.05) is 43.0 Å². The van der Waals surface area contributed by atoms with Crippen LogP contribution >= 0.6 is 0 Å². The van der Waals surface area contributed by atoms with Gasteiger partial charge in [0, 0.05) is 18.8 Å². The fourth-order valence-corrected chi connectivity index (χ4v) is 2.88. The number of rotatable bonds is 8. The molecule has 0 spiro atoms. The average Bonchev–Trinajstić information content (AvgIpc) is 2.67. The third-order valence-electron chi connectivity index (χ3n) is 4.68. The monoisotopic (exact) mass is 362 g/mol. The van der Waals surface area contributed by atoms with E-state index in [1.54, 1.807) is 0 Å². The number of nitrogens with one attached hydrogen (secondary N) is 1. The third-order valence-corrected chi connectivity index (χ3v) is 4.68. The maximum absolute atomic E-state index is 12.3. The van der Waals surface area contributed by atoms with Crippen LogP contribution in [0.25, 0.3) is 0 Å². The summed E-state index contributed by atoms with van der Waals surface area (Å²) < 4.78 is 10.8. The van der Waals surface area contributed by atoms with E-state index in [0.717, 1.165) is 17.9 Å². The molecule has 144 valence electrons. The molecule has 0 radical (unpaired) electrons. The molecule has 1 aliphatic rings. The number of hydrogen-bond acceptors (Lipinski definition) is 5. The Morgan fingerprint density at radius 1 is 1.19 bits per heavy atom. The second-order valence-electron chi connectivity index (χ2n) is 6.62. The van der Waals surface area contributed by atoms with E-state index in [2.05, 4.69) is 12.2 Å². The first-order chi connectivity index (χ1) is 12.5. The van der Waals surface area contributed by atoms with E-state index in [4.69, 9.17) is 9.47 Å². The van der Waals surface area contributed by atoms with Gasteiger partial charge in [0.1, 0.15) is 5.75 Å². The van der Waals surface area contributed by atoms with Gasteiger partial charge in [0.15, 0.2) is 0 Å². The molecule has 0 saturated carbocycles. The fraction of sp³-hybridized carbons (Fsp3) is 0.600. The van der Waals surface area contributed by atoms with Gasteiger partial charge in [-0.15, -0.1) is 0 Å². The van der Waals surface area contributed by atoms with E-state index in [-0.39, 0.29) is 30.4 Å². The molecule has 6 heteroatoms. The third kappa shape index (κ3) is 5.93. The lowest BCUT2D eigenvalue weighted by Crippen LogP contribution is -2.43. The number of likely N-dealkylation sites (tertiary alicyclic amines) is 1. The Morgan fingerprint density at radius 2 is 1.85 bits per heavy atom. The number of carbonyl (C=O) groups is 2. The first kappa shape index (κ1) is 20.1. The summed E-state index contributed by atoms with van der Waals surface area (Å²) in [4.78, 5) is 25.9. The molecule has 0 aromatic heterocycles. The molecule has 1 N–H and O–H groups in total. The molecule has 2 rings (SSSR count). The van der Waals surface area contributed by atoms with Crippen molar-refractivity contribution in [2.75, 3.05) is 31.6 Å². The number of anilines is 1. The van der Waals surface area contributed by atoms with Gasteiger partial charge >= 0.3 is 5.97 Å². The summed E-state index contributed by atoms with van der Waals surface area (Å²) in [6.45, 7) is 7.79. The van der Waals surface area contributed by atoms with Crippen LogP contribution in [0.15, 0.2) is 24.3 Å². The average molecular weight is 362 g/mol. The molecule has 0 aliphatic carbocycles. The van der Waals surface area contributed by atoms with Crippen LogP contribution < -0.4 is 10.1 Å². The molecular formula is C20H30N2O4. The van der Waals surface area contributed by atoms with Crippen molar-refractivity contribution < 1.29 is 19.1 Å². The molecule has 1 aromatic rings. The van der Waals surface area contributed by atoms with Crippen molar-refractivity contribution in [3.05, 3.63) is 24.3 Å². The fourth-order valence-electron chi connectivity index (χ4n) is 2.88. The first-order valence-electron chi connectivity index (χ1n) is 9.48. The smallest absolute Gasteiger partial charge is 0.309 e. The van der Waals surface area contributed by atoms with Crippen LogP contribution in [-0.4, -0.2) is 49.1 Å². The minimum atomic E-state index is -0.141. The van der Waals surface area contributed by atoms with Crippen molar-refractivity contribution >= 4 is 17.6 Å². The highest BCUT2D eigenvalue weighted by atomic mass is 16.5. The molecule has 6 nitrogen and oxygen atoms in total. The minimum absolute atomic E-state index is 0.0484. The topological polar surface area (TPSA) is 67.9 Å². The maximum Gasteiger partial charge on any atom is 0.309 e. The number of nitrogens with zero attached hydrogens (tertiary/aromatic N) is 1. The lowest BCUT2D eigenvalue weighted by atomic mass is 9.97. The number of ether oxygens (including phenoxy) is 2. The Labute approximate surface area is 155 Å². The lowest BCUT2D eigenvalue weighted by Gasteiger charge is -2.31. The summed E-state index contributed by atoms with van der Waals surface area (Å²) >= 11 is 0. The van der Waals surface area contributed by atoms with E-state index < -0.39 is 0 Å². The normalized spacial score (nSPS) is 16.0. The predicted octanol–water partition coefficient (Wildman–Crippen LogP) is 3.08. The number of piperidine rings is 1. The Balaban J connectivity index is 1.74. The molecule has 1 aromatic carbocycles. The molecule has 1 atom stereocenters. The van der Waals surface area contributed by atoms with Gasteiger partial charge in [-0.1, -0.05) is 6.92 Å². The van der Waals surface area contributed by atoms with Gasteiger partial charge in [0.05, 0.1) is 25.2 Å². The van der Waals surface area contributed by atoms with Crippen LogP contribution in [0.2, 0.25) is 0 Å². The van der Waals surface area contributed by atoms with Crippen molar-refractivity contribution in [2.24, 2.45) is 5.92 Å². The molecule has 1 amide bonds. The summed E-state index contributed by atoms with van der Waals surface area (Å²) in [5.41, 5.74) is 0.885. The number of amides is 1. The highest BCUT2D eigenvalue weighted by Gasteiger charge is 2.27. The summed E-state index contributed by atoms with van der Waals surface area (Å²) in [6, 6.07) is 7.64. The van der Waals surface area contributed by atoms with Gasteiger partial charge in [-0.3, -0.25) is 9.59 Å². The molecular weight excluding hydrogens is 332 g/mol. The predicted molar refractivity (Wildman–Crippen MR) is 101 cm³/mol. The summed E-state index contributed by atoms with van der Waals surface area (Å²) in [6.07, 6.45) is 2.49. The van der Waals surface area contributed by atoms with Gasteiger partial charge in [-0.2, -0.15) is 0 Å². The highest BCUT2D eigenvalue weighted by molar-refractivity contribution is 5.81. The van der Waals surface area contributed by atoms with Crippen LogP contribution in [0, 0.1) is 5.92 Å². The number of esters is 1. The second kappa shape index (κ2) is 10.0. The van der Waals surface area contributed by atoms with Crippen LogP contribution in [0.4, 0.5) is 5.69 Å². The van der Waals surface area contributed by atoms with Crippen molar-refractivity contribution in [2.45, 2.75) is 46.1 Å². The van der Waals surface area contributed by atoms with Crippen LogP contribution in [0.5, 0.6) is 5.75 Å². The number of benzene rings is 1. The number of carbonyl (C=O) groups excluding carboxylic acids is 2. The Bertz CT molecular complexity index is 580. The quantitative estimate of drug-likeness (QED) is 0.720. The number of hydrogen-bond donors (Lipinski definition) is 1. The van der Waals surface area contributed by atoms with Gasteiger partial charge in [-0.25, -0.2) is 0 Å². The van der Waals surface area contributed by atoms with Crippen LogP contribution in [0.3, 0.4) is 0 Å². The Morgan fingerprint density at radius 3 is 2.42 bits per heavy atom. The largest absolute Gasteiger partial charge is 0.491 e. The SMILES string of the molecule is CCOC(=O)C1CCN(C(=O)CNc2ccc(OC(C)CC)cc2)CC1. The summed E-state index contributed by atoms with van der Waals surface area (Å²) in [5.74, 6) is 0.659. The summed E-state index contributed by atoms with van der Waals surface area (Å²) in [7, 11) is 0. The summed E-state index contributed by atoms with van der Waals surface area (Å²) in [5, 5.41) is 3.15. The van der Waals surface area contributed by atoms with Gasteiger partial charge in [0.25, 0.3) is 0 Å². The first-order valence-corrected chi connectivity index (χ1v) is 9.48. The van der Waals surface area contributed by atoms with Crippen LogP contribution in [0.1, 0.15) is 40.0 Å². The maximum atomic E-state index is 12.3. The van der Waals surface area contributed by atoms with Gasteiger partial charge in [0.2, 0.25) is 5.91 Å². The zero-order chi connectivity index (χ0) is 18.9. The van der Waals surface area contributed by atoms with Gasteiger partial charge < -0.3 is 19.7 Å². The Hall–Kier alpha value is -2.24. The lowest BCUT2D eigenvalue weighted by molar-refractivity contribution is -0.151. The van der Waals surface area contributed by atoms with Crippen molar-refractivity contribution in [1.29, 1.82) is 0 Å². The molecule has 0 bridgehead atoms. The molecule has 26 heavy (non-hydrogen) atoms. The standard InChI is InChI=1S/C20H30N2O4/c1-4-15(3)26-18-8-6-17(7-9-18)21-14-19(23)22-12-10-16(11-13-22)20(24)25-5-2/h6-9,15-16,21H,4-5,10-14H2,1-3H3. The van der Waals surface area contributed by atoms with E-state index in [0.29, 0.717) is 32.5 Å². The van der Waals surface area contributed by atoms with E-state index in [1.165, 1.54) is 0 Å². The van der Waals surface area contributed by atoms with Crippen molar-refractivity contribution in [3.8, 4) is 5.75 Å². The van der Waals surface area contributed by atoms with E-state index in [9.17, 15) is 9.59 Å². The Kier molecular flexibility index (Phi) is 7.75. The van der Waals surface area contributed by atoms with Crippen molar-refractivity contribution in [1.82, 2.24) is 4.90 Å².